The third-order valence-electron chi connectivity index (χ3n) is 5.01. The molecule has 1 N–H and O–H groups in total. The van der Waals surface area contributed by atoms with Crippen LogP contribution in [-0.2, 0) is 11.3 Å². The van der Waals surface area contributed by atoms with Crippen LogP contribution in [0.3, 0.4) is 0 Å². The number of hydrogen-bond donors (Lipinski definition) is 1. The van der Waals surface area contributed by atoms with Crippen molar-refractivity contribution in [3.05, 3.63) is 48.2 Å². The first-order chi connectivity index (χ1) is 13.1. The summed E-state index contributed by atoms with van der Waals surface area (Å²) in [7, 11) is 0. The molecule has 4 rings (SSSR count). The van der Waals surface area contributed by atoms with Crippen LogP contribution < -0.4 is 0 Å². The van der Waals surface area contributed by atoms with Crippen LogP contribution in [0.15, 0.2) is 42.6 Å². The Morgan fingerprint density at radius 1 is 1.26 bits per heavy atom. The summed E-state index contributed by atoms with van der Waals surface area (Å²) in [6, 6.07) is 10.6. The summed E-state index contributed by atoms with van der Waals surface area (Å²) in [5.41, 5.74) is 2.65. The Labute approximate surface area is 156 Å². The molecule has 1 aromatic carbocycles. The molecule has 0 saturated carbocycles. The van der Waals surface area contributed by atoms with Gasteiger partial charge in [0, 0.05) is 18.7 Å². The number of carbonyl (C=O) groups is 2. The second-order valence-electron chi connectivity index (χ2n) is 6.61. The molecule has 0 spiro atoms. The van der Waals surface area contributed by atoms with E-state index in [4.69, 9.17) is 4.98 Å². The number of hydrogen-bond acceptors (Lipinski definition) is 4. The Morgan fingerprint density at radius 3 is 2.74 bits per heavy atom. The number of amides is 1. The second kappa shape index (κ2) is 6.83. The van der Waals surface area contributed by atoms with E-state index < -0.39 is 12.0 Å². The predicted molar refractivity (Wildman–Crippen MR) is 100 cm³/mol. The Kier molecular flexibility index (Phi) is 4.35. The van der Waals surface area contributed by atoms with Gasteiger partial charge in [-0.2, -0.15) is 5.10 Å². The van der Waals surface area contributed by atoms with E-state index in [-0.39, 0.29) is 5.91 Å². The number of aromatic nitrogens is 3. The molecule has 1 saturated heterocycles. The maximum Gasteiger partial charge on any atom is 0.326 e. The van der Waals surface area contributed by atoms with Gasteiger partial charge in [-0.25, -0.2) is 14.5 Å². The molecule has 1 amide bonds. The summed E-state index contributed by atoms with van der Waals surface area (Å²) >= 11 is 0. The molecule has 0 bridgehead atoms. The van der Waals surface area contributed by atoms with Crippen molar-refractivity contribution in [2.75, 3.05) is 6.54 Å². The van der Waals surface area contributed by atoms with Gasteiger partial charge in [-0.3, -0.25) is 4.79 Å². The number of aliphatic carboxylic acids is 1. The lowest BCUT2D eigenvalue weighted by Gasteiger charge is -2.22. The van der Waals surface area contributed by atoms with Crippen LogP contribution in [-0.4, -0.2) is 49.2 Å². The molecule has 0 aliphatic carbocycles. The van der Waals surface area contributed by atoms with Gasteiger partial charge >= 0.3 is 5.97 Å². The number of benzene rings is 1. The zero-order valence-electron chi connectivity index (χ0n) is 15.0. The van der Waals surface area contributed by atoms with Gasteiger partial charge in [0.2, 0.25) is 0 Å². The zero-order chi connectivity index (χ0) is 19.0. The monoisotopic (exact) mass is 364 g/mol. The zero-order valence-corrected chi connectivity index (χ0v) is 15.0. The van der Waals surface area contributed by atoms with Crippen LogP contribution in [0.4, 0.5) is 0 Å². The van der Waals surface area contributed by atoms with E-state index in [2.05, 4.69) is 5.10 Å². The fourth-order valence-corrected chi connectivity index (χ4v) is 3.63. The standard InChI is InChI=1S/C20H20N4O3/c1-2-24-18-15(12-21-24)14(11-16(22-18)13-7-4-3-5-8-13)19(25)23-10-6-9-17(23)20(26)27/h3-5,7-8,11-12,17H,2,6,9-10H2,1H3,(H,26,27)/t17-/m0/s1. The van der Waals surface area contributed by atoms with E-state index in [1.54, 1.807) is 16.9 Å². The highest BCUT2D eigenvalue weighted by molar-refractivity contribution is 6.07. The summed E-state index contributed by atoms with van der Waals surface area (Å²) in [5.74, 6) is -1.24. The summed E-state index contributed by atoms with van der Waals surface area (Å²) in [6.07, 6.45) is 2.81. The molecule has 7 heteroatoms. The quantitative estimate of drug-likeness (QED) is 0.769. The Hall–Kier alpha value is -3.22. The summed E-state index contributed by atoms with van der Waals surface area (Å²) < 4.78 is 1.75. The molecule has 1 aliphatic heterocycles. The SMILES string of the molecule is CCn1ncc2c(C(=O)N3CCC[C@H]3C(=O)O)cc(-c3ccccc3)nc21. The highest BCUT2D eigenvalue weighted by atomic mass is 16.4. The average molecular weight is 364 g/mol. The lowest BCUT2D eigenvalue weighted by atomic mass is 10.1. The van der Waals surface area contributed by atoms with Gasteiger partial charge in [-0.05, 0) is 25.8 Å². The van der Waals surface area contributed by atoms with Gasteiger partial charge in [-0.1, -0.05) is 30.3 Å². The molecule has 7 nitrogen and oxygen atoms in total. The number of aryl methyl sites for hydroxylation is 1. The van der Waals surface area contributed by atoms with E-state index in [1.165, 1.54) is 4.90 Å². The van der Waals surface area contributed by atoms with Crippen LogP contribution in [0.5, 0.6) is 0 Å². The molecule has 0 radical (unpaired) electrons. The number of fused-ring (bicyclic) bond motifs is 1. The van der Waals surface area contributed by atoms with Crippen LogP contribution >= 0.6 is 0 Å². The molecule has 0 unspecified atom stereocenters. The van der Waals surface area contributed by atoms with Gasteiger partial charge in [0.05, 0.1) is 22.8 Å². The molecule has 1 aliphatic rings. The highest BCUT2D eigenvalue weighted by Crippen LogP contribution is 2.28. The van der Waals surface area contributed by atoms with E-state index in [1.807, 2.05) is 37.3 Å². The van der Waals surface area contributed by atoms with Gasteiger partial charge in [0.15, 0.2) is 5.65 Å². The van der Waals surface area contributed by atoms with Crippen molar-refractivity contribution >= 4 is 22.9 Å². The lowest BCUT2D eigenvalue weighted by Crippen LogP contribution is -2.40. The van der Waals surface area contributed by atoms with E-state index in [0.29, 0.717) is 48.2 Å². The van der Waals surface area contributed by atoms with Crippen molar-refractivity contribution in [2.45, 2.75) is 32.4 Å². The molecule has 138 valence electrons. The minimum absolute atomic E-state index is 0.278. The largest absolute Gasteiger partial charge is 0.480 e. The van der Waals surface area contributed by atoms with Crippen molar-refractivity contribution in [1.82, 2.24) is 19.7 Å². The summed E-state index contributed by atoms with van der Waals surface area (Å²) in [4.78, 5) is 30.9. The molecule has 2 aromatic heterocycles. The first-order valence-corrected chi connectivity index (χ1v) is 9.06. The van der Waals surface area contributed by atoms with Crippen molar-refractivity contribution < 1.29 is 14.7 Å². The second-order valence-corrected chi connectivity index (χ2v) is 6.61. The van der Waals surface area contributed by atoms with Crippen LogP contribution in [0.25, 0.3) is 22.3 Å². The maximum atomic E-state index is 13.3. The number of nitrogens with zero attached hydrogens (tertiary/aromatic N) is 4. The van der Waals surface area contributed by atoms with E-state index >= 15 is 0 Å². The molecule has 3 heterocycles. The Balaban J connectivity index is 1.87. The summed E-state index contributed by atoms with van der Waals surface area (Å²) in [6.45, 7) is 3.04. The van der Waals surface area contributed by atoms with Gasteiger partial charge < -0.3 is 10.0 Å². The maximum absolute atomic E-state index is 13.3. The molecule has 3 aromatic rings. The van der Waals surface area contributed by atoms with Crippen molar-refractivity contribution in [3.8, 4) is 11.3 Å². The first kappa shape index (κ1) is 17.2. The first-order valence-electron chi connectivity index (χ1n) is 9.06. The van der Waals surface area contributed by atoms with Crippen molar-refractivity contribution in [2.24, 2.45) is 0 Å². The number of carbonyl (C=O) groups excluding carboxylic acids is 1. The molecule has 1 atom stereocenters. The van der Waals surface area contributed by atoms with Crippen LogP contribution in [0.1, 0.15) is 30.1 Å². The van der Waals surface area contributed by atoms with Crippen molar-refractivity contribution in [1.29, 1.82) is 0 Å². The number of carboxylic acid groups (broad SMARTS) is 1. The number of pyridine rings is 1. The van der Waals surface area contributed by atoms with Crippen molar-refractivity contribution in [3.63, 3.8) is 0 Å². The minimum atomic E-state index is -0.960. The fourth-order valence-electron chi connectivity index (χ4n) is 3.63. The smallest absolute Gasteiger partial charge is 0.326 e. The summed E-state index contributed by atoms with van der Waals surface area (Å²) in [5, 5.41) is 14.4. The fraction of sp³-hybridized carbons (Fsp3) is 0.300. The third kappa shape index (κ3) is 2.95. The lowest BCUT2D eigenvalue weighted by molar-refractivity contribution is -0.141. The third-order valence-corrected chi connectivity index (χ3v) is 5.01. The number of likely N-dealkylation sites (tertiary alicyclic amines) is 1. The molecular weight excluding hydrogens is 344 g/mol. The number of rotatable bonds is 4. The topological polar surface area (TPSA) is 88.3 Å². The van der Waals surface area contributed by atoms with Gasteiger partial charge in [0.1, 0.15) is 6.04 Å². The van der Waals surface area contributed by atoms with E-state index in [9.17, 15) is 14.7 Å². The minimum Gasteiger partial charge on any atom is -0.480 e. The van der Waals surface area contributed by atoms with Crippen LogP contribution in [0.2, 0.25) is 0 Å². The Morgan fingerprint density at radius 2 is 2.04 bits per heavy atom. The van der Waals surface area contributed by atoms with E-state index in [0.717, 1.165) is 5.56 Å². The number of carboxylic acids is 1. The normalized spacial score (nSPS) is 16.8. The molecule has 1 fully saturated rings. The average Bonchev–Trinajstić information content (AvgIpc) is 3.34. The van der Waals surface area contributed by atoms with Crippen LogP contribution in [0, 0.1) is 0 Å². The predicted octanol–water partition coefficient (Wildman–Crippen LogP) is 2.81. The van der Waals surface area contributed by atoms with Gasteiger partial charge in [-0.15, -0.1) is 0 Å². The molecule has 27 heavy (non-hydrogen) atoms. The van der Waals surface area contributed by atoms with Gasteiger partial charge in [0.25, 0.3) is 5.91 Å². The molecular formula is C20H20N4O3. The Bertz CT molecular complexity index is 1010. The highest BCUT2D eigenvalue weighted by Gasteiger charge is 2.35.